The molecule has 0 spiro atoms. The number of anilines is 1. The van der Waals surface area contributed by atoms with Crippen LogP contribution in [0.4, 0.5) is 11.6 Å². The monoisotopic (exact) mass is 288 g/mol. The molecule has 0 saturated carbocycles. The van der Waals surface area contributed by atoms with Crippen LogP contribution in [0.25, 0.3) is 0 Å². The molecule has 0 saturated heterocycles. The minimum Gasteiger partial charge on any atom is -0.395 e. The maximum absolute atomic E-state index is 12.1. The summed E-state index contributed by atoms with van der Waals surface area (Å²) in [5, 5.41) is 13.3. The third kappa shape index (κ3) is 3.68. The summed E-state index contributed by atoms with van der Waals surface area (Å²) in [4.78, 5) is 21.9. The van der Waals surface area contributed by atoms with Gasteiger partial charge in [-0.2, -0.15) is 0 Å². The number of hydrogen-bond acceptors (Lipinski definition) is 4. The summed E-state index contributed by atoms with van der Waals surface area (Å²) in [5.41, 5.74) is 1.71. The number of carbonyl (C=O) groups is 1. The summed E-state index contributed by atoms with van der Waals surface area (Å²) < 4.78 is 4.89. The summed E-state index contributed by atoms with van der Waals surface area (Å²) in [6.07, 6.45) is 0.828. The number of amides is 1. The fraction of sp³-hybridized carbons (Fsp3) is 0.267. The Kier molecular flexibility index (Phi) is 4.37. The van der Waals surface area contributed by atoms with Gasteiger partial charge >= 0.3 is 5.88 Å². The fourth-order valence-corrected chi connectivity index (χ4v) is 1.99. The van der Waals surface area contributed by atoms with E-state index in [-0.39, 0.29) is 5.76 Å². The van der Waals surface area contributed by atoms with E-state index in [0.29, 0.717) is 11.6 Å². The summed E-state index contributed by atoms with van der Waals surface area (Å²) in [5.74, 6) is -0.580. The third-order valence-corrected chi connectivity index (χ3v) is 2.89. The van der Waals surface area contributed by atoms with E-state index >= 15 is 0 Å². The molecule has 0 fully saturated rings. The van der Waals surface area contributed by atoms with Crippen LogP contribution in [0.5, 0.6) is 0 Å². The van der Waals surface area contributed by atoms with E-state index in [9.17, 15) is 14.9 Å². The van der Waals surface area contributed by atoms with E-state index in [2.05, 4.69) is 19.2 Å². The molecular formula is C15H16N2O4. The van der Waals surface area contributed by atoms with Crippen molar-refractivity contribution in [1.29, 1.82) is 0 Å². The van der Waals surface area contributed by atoms with Gasteiger partial charge in [-0.3, -0.25) is 14.9 Å². The van der Waals surface area contributed by atoms with Gasteiger partial charge in [0.2, 0.25) is 0 Å². The average molecular weight is 288 g/mol. The molecular weight excluding hydrogens is 272 g/mol. The molecule has 1 aromatic carbocycles. The molecule has 1 aromatic heterocycles. The maximum atomic E-state index is 12.1. The Balaban J connectivity index is 2.17. The molecule has 6 nitrogen and oxygen atoms in total. The second kappa shape index (κ2) is 6.21. The van der Waals surface area contributed by atoms with Crippen molar-refractivity contribution in [3.63, 3.8) is 0 Å². The zero-order valence-corrected chi connectivity index (χ0v) is 11.8. The largest absolute Gasteiger partial charge is 0.433 e. The normalized spacial score (nSPS) is 10.6. The summed E-state index contributed by atoms with van der Waals surface area (Å²) in [6.45, 7) is 4.18. The number of furan rings is 1. The predicted molar refractivity (Wildman–Crippen MR) is 78.3 cm³/mol. The SMILES string of the molecule is CC(C)Cc1ccccc1NC(=O)c1ccc([N+](=O)[O-])o1. The predicted octanol–water partition coefficient (Wildman–Crippen LogP) is 3.64. The van der Waals surface area contributed by atoms with Crippen LogP contribution < -0.4 is 5.32 Å². The molecule has 0 radical (unpaired) electrons. The molecule has 6 heteroatoms. The molecule has 110 valence electrons. The van der Waals surface area contributed by atoms with Crippen LogP contribution in [0, 0.1) is 16.0 Å². The number of para-hydroxylation sites is 1. The molecule has 1 heterocycles. The van der Waals surface area contributed by atoms with Crippen LogP contribution in [0.3, 0.4) is 0 Å². The van der Waals surface area contributed by atoms with Crippen LogP contribution in [0.15, 0.2) is 40.8 Å². The molecule has 1 N–H and O–H groups in total. The Bertz CT molecular complexity index is 661. The van der Waals surface area contributed by atoms with Gasteiger partial charge in [0.05, 0.1) is 6.07 Å². The molecule has 0 aliphatic carbocycles. The summed E-state index contributed by atoms with van der Waals surface area (Å²) in [7, 11) is 0. The number of nitrogens with one attached hydrogen (secondary N) is 1. The highest BCUT2D eigenvalue weighted by molar-refractivity contribution is 6.02. The first-order valence-electron chi connectivity index (χ1n) is 6.61. The minimum atomic E-state index is -0.677. The van der Waals surface area contributed by atoms with Gasteiger partial charge in [0.1, 0.15) is 4.92 Å². The van der Waals surface area contributed by atoms with E-state index < -0.39 is 16.7 Å². The van der Waals surface area contributed by atoms with Crippen molar-refractivity contribution in [3.8, 4) is 0 Å². The lowest BCUT2D eigenvalue weighted by atomic mass is 10.0. The van der Waals surface area contributed by atoms with E-state index in [4.69, 9.17) is 4.42 Å². The third-order valence-electron chi connectivity index (χ3n) is 2.89. The first-order chi connectivity index (χ1) is 9.97. The van der Waals surface area contributed by atoms with Gasteiger partial charge < -0.3 is 9.73 Å². The first-order valence-corrected chi connectivity index (χ1v) is 6.61. The van der Waals surface area contributed by atoms with Gasteiger partial charge in [-0.15, -0.1) is 0 Å². The first kappa shape index (κ1) is 14.8. The zero-order chi connectivity index (χ0) is 15.4. The van der Waals surface area contributed by atoms with Crippen LogP contribution in [0.1, 0.15) is 30.0 Å². The van der Waals surface area contributed by atoms with E-state index in [1.54, 1.807) is 6.07 Å². The Morgan fingerprint density at radius 3 is 2.62 bits per heavy atom. The van der Waals surface area contributed by atoms with Crippen LogP contribution >= 0.6 is 0 Å². The standard InChI is InChI=1S/C15H16N2O4/c1-10(2)9-11-5-3-4-6-12(11)16-15(18)13-7-8-14(21-13)17(19)20/h3-8,10H,9H2,1-2H3,(H,16,18). The van der Waals surface area contributed by atoms with E-state index in [0.717, 1.165) is 18.1 Å². The molecule has 0 bridgehead atoms. The number of nitrogens with zero attached hydrogens (tertiary/aromatic N) is 1. The highest BCUT2D eigenvalue weighted by atomic mass is 16.6. The zero-order valence-electron chi connectivity index (χ0n) is 11.8. The quantitative estimate of drug-likeness (QED) is 0.672. The highest BCUT2D eigenvalue weighted by Gasteiger charge is 2.18. The van der Waals surface area contributed by atoms with Gasteiger partial charge in [-0.1, -0.05) is 32.0 Å². The maximum Gasteiger partial charge on any atom is 0.433 e. The highest BCUT2D eigenvalue weighted by Crippen LogP contribution is 2.21. The smallest absolute Gasteiger partial charge is 0.395 e. The fourth-order valence-electron chi connectivity index (χ4n) is 1.99. The minimum absolute atomic E-state index is 0.0824. The van der Waals surface area contributed by atoms with Crippen molar-refractivity contribution in [2.24, 2.45) is 5.92 Å². The average Bonchev–Trinajstić information content (AvgIpc) is 2.90. The van der Waals surface area contributed by atoms with Crippen molar-refractivity contribution in [1.82, 2.24) is 0 Å². The summed E-state index contributed by atoms with van der Waals surface area (Å²) in [6, 6.07) is 9.93. The number of benzene rings is 1. The topological polar surface area (TPSA) is 85.4 Å². The van der Waals surface area contributed by atoms with Gasteiger partial charge in [-0.05, 0) is 30.0 Å². The van der Waals surface area contributed by atoms with Crippen molar-refractivity contribution in [2.75, 3.05) is 5.32 Å². The van der Waals surface area contributed by atoms with E-state index in [1.165, 1.54) is 6.07 Å². The molecule has 2 rings (SSSR count). The molecule has 2 aromatic rings. The number of hydrogen-bond donors (Lipinski definition) is 1. The van der Waals surface area contributed by atoms with Crippen LogP contribution in [0.2, 0.25) is 0 Å². The van der Waals surface area contributed by atoms with Gasteiger partial charge in [-0.25, -0.2) is 0 Å². The Hall–Kier alpha value is -2.63. The van der Waals surface area contributed by atoms with Crippen LogP contribution in [-0.4, -0.2) is 10.8 Å². The Morgan fingerprint density at radius 1 is 1.29 bits per heavy atom. The molecule has 0 aliphatic heterocycles. The molecule has 0 unspecified atom stereocenters. The van der Waals surface area contributed by atoms with E-state index in [1.807, 2.05) is 18.2 Å². The lowest BCUT2D eigenvalue weighted by Crippen LogP contribution is -2.13. The van der Waals surface area contributed by atoms with Crippen molar-refractivity contribution < 1.29 is 14.1 Å². The molecule has 0 aliphatic rings. The van der Waals surface area contributed by atoms with Gasteiger partial charge in [0.25, 0.3) is 5.91 Å². The van der Waals surface area contributed by atoms with Gasteiger partial charge in [0.15, 0.2) is 5.76 Å². The second-order valence-electron chi connectivity index (χ2n) is 5.10. The summed E-state index contributed by atoms with van der Waals surface area (Å²) >= 11 is 0. The number of carbonyl (C=O) groups excluding carboxylic acids is 1. The molecule has 21 heavy (non-hydrogen) atoms. The number of nitro groups is 1. The van der Waals surface area contributed by atoms with Crippen molar-refractivity contribution in [2.45, 2.75) is 20.3 Å². The molecule has 0 atom stereocenters. The van der Waals surface area contributed by atoms with Gasteiger partial charge in [0, 0.05) is 5.69 Å². The number of rotatable bonds is 5. The van der Waals surface area contributed by atoms with Crippen molar-refractivity contribution >= 4 is 17.5 Å². The molecule has 1 amide bonds. The second-order valence-corrected chi connectivity index (χ2v) is 5.10. The lowest BCUT2D eigenvalue weighted by molar-refractivity contribution is -0.402. The lowest BCUT2D eigenvalue weighted by Gasteiger charge is -2.11. The van der Waals surface area contributed by atoms with Crippen molar-refractivity contribution in [3.05, 3.63) is 57.8 Å². The van der Waals surface area contributed by atoms with Crippen LogP contribution in [-0.2, 0) is 6.42 Å². The Morgan fingerprint density at radius 2 is 2.00 bits per heavy atom. The Labute approximate surface area is 121 Å².